The first-order valence-electron chi connectivity index (χ1n) is 7.96. The van der Waals surface area contributed by atoms with Crippen molar-refractivity contribution in [2.24, 2.45) is 0 Å². The van der Waals surface area contributed by atoms with E-state index in [0.717, 1.165) is 29.5 Å². The first-order chi connectivity index (χ1) is 11.1. The van der Waals surface area contributed by atoms with Crippen molar-refractivity contribution in [3.05, 3.63) is 78.4 Å². The zero-order valence-corrected chi connectivity index (χ0v) is 14.0. The Labute approximate surface area is 147 Å². The van der Waals surface area contributed by atoms with Crippen molar-refractivity contribution in [3.63, 3.8) is 0 Å². The Bertz CT molecular complexity index is 613. The van der Waals surface area contributed by atoms with Crippen LogP contribution in [0.15, 0.2) is 61.7 Å². The molecule has 2 aromatic rings. The summed E-state index contributed by atoms with van der Waals surface area (Å²) in [6.45, 7) is 11.9. The molecule has 0 unspecified atom stereocenters. The molecule has 2 aromatic carbocycles. The minimum Gasteiger partial charge on any atom is -0.423 e. The Morgan fingerprint density at radius 1 is 1.00 bits per heavy atom. The largest absolute Gasteiger partial charge is 0.488 e. The molecular weight excluding hydrogens is 295 g/mol. The van der Waals surface area contributed by atoms with Crippen molar-refractivity contribution in [2.75, 3.05) is 0 Å². The molecule has 0 aliphatic carbocycles. The van der Waals surface area contributed by atoms with Crippen LogP contribution in [0.3, 0.4) is 0 Å². The van der Waals surface area contributed by atoms with Crippen molar-refractivity contribution in [1.29, 1.82) is 0 Å². The van der Waals surface area contributed by atoms with Gasteiger partial charge in [-0.3, -0.25) is 0 Å². The standard InChI is InChI=1S/C18H19BO2.C2H6.CH4/c1-3-15-6-8-16(9-7-15)5-4-14(2)17-10-12-18(13-11-17)19(20)21;1-2;/h3,6-13,20-21H,1-2,4-5H2;1-2H3;1H4. The van der Waals surface area contributed by atoms with E-state index in [-0.39, 0.29) is 7.43 Å². The van der Waals surface area contributed by atoms with Gasteiger partial charge in [-0.15, -0.1) is 0 Å². The van der Waals surface area contributed by atoms with Gasteiger partial charge >= 0.3 is 7.12 Å². The van der Waals surface area contributed by atoms with E-state index in [1.54, 1.807) is 12.1 Å². The zero-order chi connectivity index (χ0) is 17.2. The summed E-state index contributed by atoms with van der Waals surface area (Å²) in [6, 6.07) is 15.5. The van der Waals surface area contributed by atoms with Gasteiger partial charge in [-0.2, -0.15) is 0 Å². The van der Waals surface area contributed by atoms with Gasteiger partial charge in [-0.1, -0.05) is 89.0 Å². The molecule has 0 amide bonds. The Kier molecular flexibility index (Phi) is 10.4. The topological polar surface area (TPSA) is 40.5 Å². The molecule has 0 saturated carbocycles. The van der Waals surface area contributed by atoms with E-state index in [2.05, 4.69) is 37.4 Å². The first-order valence-corrected chi connectivity index (χ1v) is 7.96. The fraction of sp³-hybridized carbons (Fsp3) is 0.238. The maximum absolute atomic E-state index is 9.07. The molecule has 0 saturated heterocycles. The summed E-state index contributed by atoms with van der Waals surface area (Å²) in [4.78, 5) is 0. The molecule has 2 N–H and O–H groups in total. The van der Waals surface area contributed by atoms with Crippen molar-refractivity contribution >= 4 is 24.2 Å². The van der Waals surface area contributed by atoms with E-state index in [9.17, 15) is 0 Å². The summed E-state index contributed by atoms with van der Waals surface area (Å²) in [6.07, 6.45) is 3.63. The fourth-order valence-electron chi connectivity index (χ4n) is 2.15. The number of benzene rings is 2. The highest BCUT2D eigenvalue weighted by molar-refractivity contribution is 6.58. The van der Waals surface area contributed by atoms with Crippen molar-refractivity contribution in [3.8, 4) is 0 Å². The van der Waals surface area contributed by atoms with Crippen molar-refractivity contribution in [2.45, 2.75) is 34.1 Å². The van der Waals surface area contributed by atoms with Crippen LogP contribution in [0.4, 0.5) is 0 Å². The second-order valence-electron chi connectivity index (χ2n) is 5.04. The molecule has 128 valence electrons. The normalized spacial score (nSPS) is 9.17. The molecule has 24 heavy (non-hydrogen) atoms. The minimum absolute atomic E-state index is 0. The van der Waals surface area contributed by atoms with E-state index < -0.39 is 7.12 Å². The summed E-state index contributed by atoms with van der Waals surface area (Å²) in [7, 11) is -1.42. The third-order valence-electron chi connectivity index (χ3n) is 3.55. The molecule has 0 aromatic heterocycles. The number of allylic oxidation sites excluding steroid dienone is 1. The SMILES string of the molecule is C.C=Cc1ccc(CCC(=C)c2ccc(B(O)O)cc2)cc1.CC. The third-order valence-corrected chi connectivity index (χ3v) is 3.55. The van der Waals surface area contributed by atoms with Gasteiger partial charge in [-0.05, 0) is 40.6 Å². The van der Waals surface area contributed by atoms with Crippen LogP contribution in [0.1, 0.15) is 44.4 Å². The maximum Gasteiger partial charge on any atom is 0.488 e. The number of aryl methyl sites for hydroxylation is 1. The van der Waals surface area contributed by atoms with Crippen LogP contribution in [-0.4, -0.2) is 17.2 Å². The predicted molar refractivity (Wildman–Crippen MR) is 108 cm³/mol. The summed E-state index contributed by atoms with van der Waals surface area (Å²) in [5.74, 6) is 0. The van der Waals surface area contributed by atoms with E-state index in [1.807, 2.05) is 32.1 Å². The average molecular weight is 324 g/mol. The van der Waals surface area contributed by atoms with Crippen LogP contribution >= 0.6 is 0 Å². The second-order valence-corrected chi connectivity index (χ2v) is 5.04. The highest BCUT2D eigenvalue weighted by Gasteiger charge is 2.10. The van der Waals surface area contributed by atoms with Gasteiger partial charge in [0.1, 0.15) is 0 Å². The van der Waals surface area contributed by atoms with Gasteiger partial charge in [0.15, 0.2) is 0 Å². The predicted octanol–water partition coefficient (Wildman–Crippen LogP) is 4.32. The Balaban J connectivity index is 0.00000170. The number of hydrogen-bond donors (Lipinski definition) is 2. The van der Waals surface area contributed by atoms with Crippen LogP contribution < -0.4 is 5.46 Å². The minimum atomic E-state index is -1.42. The van der Waals surface area contributed by atoms with Gasteiger partial charge in [0.25, 0.3) is 0 Å². The molecular formula is C21H29BO2. The summed E-state index contributed by atoms with van der Waals surface area (Å²) in [5.41, 5.74) is 4.95. The molecule has 0 radical (unpaired) electrons. The van der Waals surface area contributed by atoms with E-state index in [4.69, 9.17) is 10.0 Å². The lowest BCUT2D eigenvalue weighted by Gasteiger charge is -2.08. The van der Waals surface area contributed by atoms with E-state index in [1.165, 1.54) is 5.56 Å². The lowest BCUT2D eigenvalue weighted by Crippen LogP contribution is -2.29. The zero-order valence-electron chi connectivity index (χ0n) is 14.0. The summed E-state index contributed by atoms with van der Waals surface area (Å²) < 4.78 is 0. The molecule has 0 atom stereocenters. The Morgan fingerprint density at radius 2 is 1.54 bits per heavy atom. The van der Waals surface area contributed by atoms with Crippen LogP contribution in [0.5, 0.6) is 0 Å². The molecule has 0 aliphatic rings. The third kappa shape index (κ3) is 6.57. The first kappa shape index (κ1) is 21.9. The summed E-state index contributed by atoms with van der Waals surface area (Å²) in [5, 5.41) is 18.1. The molecule has 0 aliphatic heterocycles. The summed E-state index contributed by atoms with van der Waals surface area (Å²) >= 11 is 0. The smallest absolute Gasteiger partial charge is 0.423 e. The lowest BCUT2D eigenvalue weighted by atomic mass is 9.79. The molecule has 0 heterocycles. The molecule has 2 rings (SSSR count). The van der Waals surface area contributed by atoms with E-state index in [0.29, 0.717) is 5.46 Å². The lowest BCUT2D eigenvalue weighted by molar-refractivity contribution is 0.426. The highest BCUT2D eigenvalue weighted by Crippen LogP contribution is 2.18. The van der Waals surface area contributed by atoms with Crippen LogP contribution in [0.2, 0.25) is 0 Å². The van der Waals surface area contributed by atoms with Gasteiger partial charge in [0, 0.05) is 0 Å². The second kappa shape index (κ2) is 11.4. The fourth-order valence-corrected chi connectivity index (χ4v) is 2.15. The quantitative estimate of drug-likeness (QED) is 0.777. The number of hydrogen-bond acceptors (Lipinski definition) is 2. The molecule has 2 nitrogen and oxygen atoms in total. The molecule has 0 spiro atoms. The maximum atomic E-state index is 9.07. The number of rotatable bonds is 6. The van der Waals surface area contributed by atoms with Gasteiger partial charge < -0.3 is 10.0 Å². The van der Waals surface area contributed by atoms with E-state index >= 15 is 0 Å². The Hall–Kier alpha value is -2.10. The Morgan fingerprint density at radius 3 is 2.00 bits per heavy atom. The monoisotopic (exact) mass is 324 g/mol. The van der Waals surface area contributed by atoms with Gasteiger partial charge in [-0.25, -0.2) is 0 Å². The van der Waals surface area contributed by atoms with Crippen molar-refractivity contribution < 1.29 is 10.0 Å². The average Bonchev–Trinajstić information content (AvgIpc) is 2.62. The van der Waals surface area contributed by atoms with Gasteiger partial charge in [0.05, 0.1) is 0 Å². The van der Waals surface area contributed by atoms with Crippen LogP contribution in [-0.2, 0) is 6.42 Å². The van der Waals surface area contributed by atoms with Crippen LogP contribution in [0.25, 0.3) is 11.6 Å². The molecule has 0 fully saturated rings. The molecule has 3 heteroatoms. The van der Waals surface area contributed by atoms with Gasteiger partial charge in [0.2, 0.25) is 0 Å². The van der Waals surface area contributed by atoms with Crippen molar-refractivity contribution in [1.82, 2.24) is 0 Å². The molecule has 0 bridgehead atoms. The van der Waals surface area contributed by atoms with Crippen LogP contribution in [0, 0.1) is 0 Å². The highest BCUT2D eigenvalue weighted by atomic mass is 16.4.